The van der Waals surface area contributed by atoms with Crippen molar-refractivity contribution in [1.29, 1.82) is 0 Å². The Morgan fingerprint density at radius 2 is 1.54 bits per heavy atom. The molecular formula is C18H16O6. The molecule has 0 aromatic heterocycles. The molecule has 0 N–H and O–H groups in total. The first kappa shape index (κ1) is 17.2. The third-order valence-corrected chi connectivity index (χ3v) is 2.92. The van der Waals surface area contributed by atoms with Crippen LogP contribution in [0.3, 0.4) is 0 Å². The fourth-order valence-electron chi connectivity index (χ4n) is 1.95. The molecule has 0 saturated carbocycles. The van der Waals surface area contributed by atoms with E-state index in [0.29, 0.717) is 11.1 Å². The summed E-state index contributed by atoms with van der Waals surface area (Å²) in [6.45, 7) is 2.40. The topological polar surface area (TPSA) is 78.9 Å². The summed E-state index contributed by atoms with van der Waals surface area (Å²) in [5, 5.41) is 0. The first-order chi connectivity index (χ1) is 11.5. The summed E-state index contributed by atoms with van der Waals surface area (Å²) in [6.07, 6.45) is 0. The highest BCUT2D eigenvalue weighted by atomic mass is 16.5. The third kappa shape index (κ3) is 4.95. The Bertz CT molecular complexity index is 751. The number of hydrogen-bond donors (Lipinski definition) is 0. The van der Waals surface area contributed by atoms with Crippen molar-refractivity contribution in [1.82, 2.24) is 0 Å². The monoisotopic (exact) mass is 328 g/mol. The van der Waals surface area contributed by atoms with Crippen molar-refractivity contribution in [2.45, 2.75) is 20.5 Å². The Morgan fingerprint density at radius 1 is 0.875 bits per heavy atom. The third-order valence-electron chi connectivity index (χ3n) is 2.92. The minimum absolute atomic E-state index is 0.133. The van der Waals surface area contributed by atoms with Crippen molar-refractivity contribution in [3.8, 4) is 11.5 Å². The van der Waals surface area contributed by atoms with Gasteiger partial charge in [0.1, 0.15) is 18.1 Å². The van der Waals surface area contributed by atoms with Crippen LogP contribution in [-0.4, -0.2) is 17.9 Å². The molecule has 6 heteroatoms. The lowest BCUT2D eigenvalue weighted by molar-refractivity contribution is -0.133. The molecule has 6 nitrogen and oxygen atoms in total. The van der Waals surface area contributed by atoms with Crippen molar-refractivity contribution in [3.63, 3.8) is 0 Å². The van der Waals surface area contributed by atoms with E-state index in [1.807, 2.05) is 0 Å². The van der Waals surface area contributed by atoms with Gasteiger partial charge < -0.3 is 14.2 Å². The minimum Gasteiger partial charge on any atom is -0.457 e. The highest BCUT2D eigenvalue weighted by Crippen LogP contribution is 2.26. The predicted octanol–water partition coefficient (Wildman–Crippen LogP) is 2.89. The van der Waals surface area contributed by atoms with Crippen LogP contribution in [0, 0.1) is 0 Å². The molecule has 0 fully saturated rings. The van der Waals surface area contributed by atoms with Crippen LogP contribution in [0.5, 0.6) is 11.5 Å². The number of esters is 3. The van der Waals surface area contributed by atoms with Crippen molar-refractivity contribution >= 4 is 17.9 Å². The Kier molecular flexibility index (Phi) is 5.68. The number of benzene rings is 2. The molecule has 0 saturated heterocycles. The summed E-state index contributed by atoms with van der Waals surface area (Å²) in [5.74, 6) is -1.00. The van der Waals surface area contributed by atoms with Crippen molar-refractivity contribution in [3.05, 3.63) is 59.7 Å². The summed E-state index contributed by atoms with van der Waals surface area (Å²) in [7, 11) is 0. The lowest BCUT2D eigenvalue weighted by atomic mass is 10.2. The minimum atomic E-state index is -0.512. The zero-order chi connectivity index (χ0) is 17.5. The maximum Gasteiger partial charge on any atom is 0.338 e. The van der Waals surface area contributed by atoms with Crippen LogP contribution in [0.15, 0.2) is 48.5 Å². The van der Waals surface area contributed by atoms with E-state index in [-0.39, 0.29) is 18.1 Å². The molecule has 0 atom stereocenters. The van der Waals surface area contributed by atoms with Gasteiger partial charge in [-0.2, -0.15) is 0 Å². The molecule has 2 rings (SSSR count). The fraction of sp³-hybridized carbons (Fsp3) is 0.167. The molecular weight excluding hydrogens is 312 g/mol. The Morgan fingerprint density at radius 3 is 2.17 bits per heavy atom. The predicted molar refractivity (Wildman–Crippen MR) is 84.6 cm³/mol. The van der Waals surface area contributed by atoms with Crippen molar-refractivity contribution in [2.24, 2.45) is 0 Å². The van der Waals surface area contributed by atoms with Crippen LogP contribution in [-0.2, 0) is 20.9 Å². The van der Waals surface area contributed by atoms with E-state index in [4.69, 9.17) is 14.2 Å². The Labute approximate surface area is 139 Å². The Balaban J connectivity index is 2.17. The first-order valence-corrected chi connectivity index (χ1v) is 7.17. The van der Waals surface area contributed by atoms with Crippen molar-refractivity contribution < 1.29 is 28.6 Å². The number of carbonyl (C=O) groups is 3. The zero-order valence-electron chi connectivity index (χ0n) is 13.3. The largest absolute Gasteiger partial charge is 0.457 e. The van der Waals surface area contributed by atoms with Crippen LogP contribution in [0.1, 0.15) is 29.8 Å². The van der Waals surface area contributed by atoms with E-state index in [1.165, 1.54) is 32.0 Å². The van der Waals surface area contributed by atoms with Gasteiger partial charge in [0.2, 0.25) is 0 Å². The standard InChI is InChI=1S/C18H16O6/c1-12(19)23-16-8-9-17(24-13(2)20)15(10-16)11-22-18(21)14-6-4-3-5-7-14/h3-10H,11H2,1-2H3. The SMILES string of the molecule is CC(=O)Oc1ccc(OC(C)=O)c(COC(=O)c2ccccc2)c1. The maximum atomic E-state index is 12.0. The summed E-state index contributed by atoms with van der Waals surface area (Å²) >= 11 is 0. The zero-order valence-corrected chi connectivity index (χ0v) is 13.3. The number of carbonyl (C=O) groups excluding carboxylic acids is 3. The molecule has 24 heavy (non-hydrogen) atoms. The molecule has 0 radical (unpaired) electrons. The lowest BCUT2D eigenvalue weighted by Crippen LogP contribution is -2.09. The molecule has 0 aliphatic carbocycles. The number of ether oxygens (including phenoxy) is 3. The van der Waals surface area contributed by atoms with E-state index in [0.717, 1.165) is 0 Å². The summed E-state index contributed by atoms with van der Waals surface area (Å²) in [4.78, 5) is 34.2. The first-order valence-electron chi connectivity index (χ1n) is 7.17. The maximum absolute atomic E-state index is 12.0. The van der Waals surface area contributed by atoms with Gasteiger partial charge in [-0.05, 0) is 30.3 Å². The number of hydrogen-bond acceptors (Lipinski definition) is 6. The van der Waals surface area contributed by atoms with Gasteiger partial charge >= 0.3 is 17.9 Å². The molecule has 0 aliphatic heterocycles. The second-order valence-electron chi connectivity index (χ2n) is 4.90. The molecule has 0 aliphatic rings. The molecule has 0 spiro atoms. The second-order valence-corrected chi connectivity index (χ2v) is 4.90. The second kappa shape index (κ2) is 7.92. The molecule has 2 aromatic rings. The van der Waals surface area contributed by atoms with E-state index in [1.54, 1.807) is 30.3 Å². The van der Waals surface area contributed by atoms with E-state index >= 15 is 0 Å². The van der Waals surface area contributed by atoms with Crippen LogP contribution in [0.25, 0.3) is 0 Å². The summed E-state index contributed by atoms with van der Waals surface area (Å²) in [6, 6.07) is 12.9. The number of rotatable bonds is 5. The van der Waals surface area contributed by atoms with Gasteiger partial charge in [-0.15, -0.1) is 0 Å². The van der Waals surface area contributed by atoms with E-state index < -0.39 is 17.9 Å². The smallest absolute Gasteiger partial charge is 0.338 e. The highest BCUT2D eigenvalue weighted by Gasteiger charge is 2.13. The highest BCUT2D eigenvalue weighted by molar-refractivity contribution is 5.89. The van der Waals surface area contributed by atoms with Crippen LogP contribution in [0.2, 0.25) is 0 Å². The summed E-state index contributed by atoms with van der Waals surface area (Å²) in [5.41, 5.74) is 0.816. The quantitative estimate of drug-likeness (QED) is 0.620. The molecule has 124 valence electrons. The molecule has 2 aromatic carbocycles. The molecule has 0 amide bonds. The fourth-order valence-corrected chi connectivity index (χ4v) is 1.95. The molecule has 0 heterocycles. The van der Waals surface area contributed by atoms with Crippen LogP contribution in [0.4, 0.5) is 0 Å². The Hall–Kier alpha value is -3.15. The summed E-state index contributed by atoms with van der Waals surface area (Å²) < 4.78 is 15.3. The molecule has 0 unspecified atom stereocenters. The van der Waals surface area contributed by atoms with Gasteiger partial charge in [-0.1, -0.05) is 18.2 Å². The average molecular weight is 328 g/mol. The normalized spacial score (nSPS) is 9.92. The van der Waals surface area contributed by atoms with E-state index in [2.05, 4.69) is 0 Å². The van der Waals surface area contributed by atoms with Gasteiger partial charge in [0.15, 0.2) is 0 Å². The lowest BCUT2D eigenvalue weighted by Gasteiger charge is -2.11. The van der Waals surface area contributed by atoms with Gasteiger partial charge in [0.25, 0.3) is 0 Å². The van der Waals surface area contributed by atoms with Gasteiger partial charge in [-0.25, -0.2) is 4.79 Å². The van der Waals surface area contributed by atoms with Gasteiger partial charge in [-0.3, -0.25) is 9.59 Å². The van der Waals surface area contributed by atoms with Crippen LogP contribution >= 0.6 is 0 Å². The average Bonchev–Trinajstić information content (AvgIpc) is 2.54. The van der Waals surface area contributed by atoms with Gasteiger partial charge in [0.05, 0.1) is 5.56 Å². The van der Waals surface area contributed by atoms with Crippen molar-refractivity contribution in [2.75, 3.05) is 0 Å². The van der Waals surface area contributed by atoms with E-state index in [9.17, 15) is 14.4 Å². The van der Waals surface area contributed by atoms with Gasteiger partial charge in [0, 0.05) is 19.4 Å². The van der Waals surface area contributed by atoms with Crippen LogP contribution < -0.4 is 9.47 Å². The molecule has 0 bridgehead atoms.